The highest BCUT2D eigenvalue weighted by Crippen LogP contribution is 2.37. The lowest BCUT2D eigenvalue weighted by molar-refractivity contribution is 0.371. The van der Waals surface area contributed by atoms with Gasteiger partial charge < -0.3 is 10.8 Å². The molecule has 1 fully saturated rings. The third-order valence-electron chi connectivity index (χ3n) is 2.64. The number of rotatable bonds is 2. The lowest BCUT2D eigenvalue weighted by Gasteiger charge is -2.10. The standard InChI is InChI=1S/C10H10F3NO/c11-6-3-5(4-10(14)1-2-10)7(12)9(15)8(6)13/h3,15H,1-2,4,14H2. The molecule has 0 saturated heterocycles. The molecule has 1 saturated carbocycles. The normalized spacial score (nSPS) is 17.9. The van der Waals surface area contributed by atoms with Gasteiger partial charge in [-0.25, -0.2) is 8.78 Å². The SMILES string of the molecule is NC1(Cc2cc(F)c(F)c(O)c2F)CC1. The minimum absolute atomic E-state index is 0.0774. The lowest BCUT2D eigenvalue weighted by atomic mass is 10.0. The van der Waals surface area contributed by atoms with Crippen LogP contribution in [0.1, 0.15) is 18.4 Å². The number of phenols is 1. The van der Waals surface area contributed by atoms with E-state index >= 15 is 0 Å². The van der Waals surface area contributed by atoms with E-state index in [1.54, 1.807) is 0 Å². The fourth-order valence-electron chi connectivity index (χ4n) is 1.49. The zero-order valence-corrected chi connectivity index (χ0v) is 7.86. The van der Waals surface area contributed by atoms with Gasteiger partial charge in [0.25, 0.3) is 0 Å². The molecule has 0 heterocycles. The van der Waals surface area contributed by atoms with Crippen molar-refractivity contribution in [3.63, 3.8) is 0 Å². The van der Waals surface area contributed by atoms with E-state index in [9.17, 15) is 13.2 Å². The molecule has 15 heavy (non-hydrogen) atoms. The van der Waals surface area contributed by atoms with Gasteiger partial charge in [0.1, 0.15) is 0 Å². The van der Waals surface area contributed by atoms with Crippen LogP contribution in [0.3, 0.4) is 0 Å². The number of halogens is 3. The van der Waals surface area contributed by atoms with Crippen LogP contribution in [-0.4, -0.2) is 10.6 Å². The van der Waals surface area contributed by atoms with Crippen molar-refractivity contribution in [3.05, 3.63) is 29.1 Å². The second kappa shape index (κ2) is 3.13. The van der Waals surface area contributed by atoms with E-state index in [0.29, 0.717) is 0 Å². The largest absolute Gasteiger partial charge is 0.503 e. The van der Waals surface area contributed by atoms with Gasteiger partial charge in [-0.1, -0.05) is 0 Å². The zero-order valence-electron chi connectivity index (χ0n) is 7.86. The maximum Gasteiger partial charge on any atom is 0.203 e. The minimum Gasteiger partial charge on any atom is -0.503 e. The second-order valence-corrected chi connectivity index (χ2v) is 4.03. The Morgan fingerprint density at radius 2 is 1.87 bits per heavy atom. The first-order chi connectivity index (χ1) is 6.93. The number of nitrogens with two attached hydrogens (primary N) is 1. The number of phenolic OH excluding ortho intramolecular Hbond substituents is 1. The molecule has 1 aliphatic carbocycles. The highest BCUT2D eigenvalue weighted by Gasteiger charge is 2.39. The molecule has 0 amide bonds. The van der Waals surface area contributed by atoms with Crippen LogP contribution in [0.5, 0.6) is 5.75 Å². The molecule has 3 N–H and O–H groups in total. The molecule has 1 aromatic rings. The van der Waals surface area contributed by atoms with Gasteiger partial charge in [-0.3, -0.25) is 0 Å². The Labute approximate surface area is 84.5 Å². The van der Waals surface area contributed by atoms with Crippen molar-refractivity contribution >= 4 is 0 Å². The summed E-state index contributed by atoms with van der Waals surface area (Å²) in [5.41, 5.74) is 5.13. The van der Waals surface area contributed by atoms with Gasteiger partial charge in [0.2, 0.25) is 5.82 Å². The van der Waals surface area contributed by atoms with Gasteiger partial charge >= 0.3 is 0 Å². The summed E-state index contributed by atoms with van der Waals surface area (Å²) >= 11 is 0. The van der Waals surface area contributed by atoms with Crippen LogP contribution < -0.4 is 5.73 Å². The summed E-state index contributed by atoms with van der Waals surface area (Å²) in [6.07, 6.45) is 1.57. The third-order valence-corrected chi connectivity index (χ3v) is 2.64. The van der Waals surface area contributed by atoms with Crippen molar-refractivity contribution < 1.29 is 18.3 Å². The molecule has 0 unspecified atom stereocenters. The molecule has 2 rings (SSSR count). The molecule has 5 heteroatoms. The van der Waals surface area contributed by atoms with Crippen LogP contribution >= 0.6 is 0 Å². The van der Waals surface area contributed by atoms with Crippen LogP contribution in [0.25, 0.3) is 0 Å². The van der Waals surface area contributed by atoms with Crippen LogP contribution in [0.2, 0.25) is 0 Å². The monoisotopic (exact) mass is 217 g/mol. The fourth-order valence-corrected chi connectivity index (χ4v) is 1.49. The number of hydrogen-bond donors (Lipinski definition) is 2. The summed E-state index contributed by atoms with van der Waals surface area (Å²) in [4.78, 5) is 0. The second-order valence-electron chi connectivity index (χ2n) is 4.03. The van der Waals surface area contributed by atoms with Gasteiger partial charge in [-0.15, -0.1) is 0 Å². The topological polar surface area (TPSA) is 46.2 Å². The molecule has 0 spiro atoms. The van der Waals surface area contributed by atoms with Crippen LogP contribution in [-0.2, 0) is 6.42 Å². The molecule has 0 radical (unpaired) electrons. The average Bonchev–Trinajstić information content (AvgIpc) is 2.89. The molecule has 0 bridgehead atoms. The maximum atomic E-state index is 13.3. The Balaban J connectivity index is 2.39. The summed E-state index contributed by atoms with van der Waals surface area (Å²) in [5.74, 6) is -5.20. The number of aromatic hydroxyl groups is 1. The lowest BCUT2D eigenvalue weighted by Crippen LogP contribution is -2.25. The van der Waals surface area contributed by atoms with Crippen molar-refractivity contribution in [3.8, 4) is 5.75 Å². The molecule has 0 atom stereocenters. The van der Waals surface area contributed by atoms with Crippen LogP contribution in [0.15, 0.2) is 6.07 Å². The van der Waals surface area contributed by atoms with E-state index in [4.69, 9.17) is 10.8 Å². The summed E-state index contributed by atoms with van der Waals surface area (Å²) in [6.45, 7) is 0. The Morgan fingerprint density at radius 3 is 2.40 bits per heavy atom. The third kappa shape index (κ3) is 1.79. The Bertz CT molecular complexity index is 416. The molecular formula is C10H10F3NO. The predicted molar refractivity (Wildman–Crippen MR) is 47.8 cm³/mol. The Morgan fingerprint density at radius 1 is 1.27 bits per heavy atom. The van der Waals surface area contributed by atoms with Gasteiger partial charge in [0, 0.05) is 5.54 Å². The van der Waals surface area contributed by atoms with E-state index in [2.05, 4.69) is 0 Å². The minimum atomic E-state index is -1.56. The van der Waals surface area contributed by atoms with Crippen molar-refractivity contribution in [2.75, 3.05) is 0 Å². The van der Waals surface area contributed by atoms with Crippen molar-refractivity contribution in [2.45, 2.75) is 24.8 Å². The number of hydrogen-bond acceptors (Lipinski definition) is 2. The highest BCUT2D eigenvalue weighted by atomic mass is 19.2. The predicted octanol–water partition coefficient (Wildman–Crippen LogP) is 1.84. The summed E-state index contributed by atoms with van der Waals surface area (Å²) < 4.78 is 38.9. The van der Waals surface area contributed by atoms with Crippen LogP contribution in [0.4, 0.5) is 13.2 Å². The Hall–Kier alpha value is -1.23. The van der Waals surface area contributed by atoms with E-state index in [1.165, 1.54) is 0 Å². The quantitative estimate of drug-likeness (QED) is 0.742. The van der Waals surface area contributed by atoms with Crippen molar-refractivity contribution in [2.24, 2.45) is 5.73 Å². The smallest absolute Gasteiger partial charge is 0.203 e. The molecule has 1 aromatic carbocycles. The van der Waals surface area contributed by atoms with Gasteiger partial charge in [0.15, 0.2) is 17.4 Å². The van der Waals surface area contributed by atoms with E-state index in [1.807, 2.05) is 0 Å². The zero-order chi connectivity index (χ0) is 11.2. The molecule has 1 aliphatic rings. The highest BCUT2D eigenvalue weighted by molar-refractivity contribution is 5.34. The average molecular weight is 217 g/mol. The first kappa shape index (κ1) is 10.3. The molecular weight excluding hydrogens is 207 g/mol. The molecule has 82 valence electrons. The maximum absolute atomic E-state index is 13.3. The summed E-state index contributed by atoms with van der Waals surface area (Å²) in [6, 6.07) is 0.747. The van der Waals surface area contributed by atoms with E-state index in [0.717, 1.165) is 18.9 Å². The first-order valence-electron chi connectivity index (χ1n) is 4.57. The first-order valence-corrected chi connectivity index (χ1v) is 4.57. The van der Waals surface area contributed by atoms with Crippen molar-refractivity contribution in [1.29, 1.82) is 0 Å². The fraction of sp³-hybridized carbons (Fsp3) is 0.400. The van der Waals surface area contributed by atoms with E-state index < -0.39 is 28.7 Å². The summed E-state index contributed by atoms with van der Waals surface area (Å²) in [5, 5.41) is 8.95. The van der Waals surface area contributed by atoms with E-state index in [-0.39, 0.29) is 12.0 Å². The molecule has 0 aliphatic heterocycles. The van der Waals surface area contributed by atoms with Gasteiger partial charge in [-0.05, 0) is 30.9 Å². The van der Waals surface area contributed by atoms with Gasteiger partial charge in [-0.2, -0.15) is 4.39 Å². The Kier molecular flexibility index (Phi) is 2.15. The molecule has 0 aromatic heterocycles. The van der Waals surface area contributed by atoms with Crippen LogP contribution in [0, 0.1) is 17.5 Å². The van der Waals surface area contributed by atoms with Crippen molar-refractivity contribution in [1.82, 2.24) is 0 Å². The summed E-state index contributed by atoms with van der Waals surface area (Å²) in [7, 11) is 0. The molecule has 2 nitrogen and oxygen atoms in total. The number of benzene rings is 1. The van der Waals surface area contributed by atoms with Gasteiger partial charge in [0.05, 0.1) is 0 Å².